The summed E-state index contributed by atoms with van der Waals surface area (Å²) >= 11 is 0. The minimum atomic E-state index is 0.115. The van der Waals surface area contributed by atoms with Crippen LogP contribution >= 0.6 is 0 Å². The van der Waals surface area contributed by atoms with E-state index in [1.807, 2.05) is 43.8 Å². The summed E-state index contributed by atoms with van der Waals surface area (Å²) in [5, 5.41) is 4.07. The third-order valence-electron chi connectivity index (χ3n) is 3.35. The number of likely N-dealkylation sites (N-methyl/N-ethyl adjacent to an activating group) is 1. The number of nitrogens with zero attached hydrogens (tertiary/aromatic N) is 1. The van der Waals surface area contributed by atoms with E-state index in [-0.39, 0.29) is 5.78 Å². The fourth-order valence-electron chi connectivity index (χ4n) is 2.40. The third kappa shape index (κ3) is 2.36. The molecular weight excluding hydrogens is 240 g/mol. The number of hydrogen-bond donors (Lipinski definition) is 1. The lowest BCUT2D eigenvalue weighted by atomic mass is 10.0. The number of Topliss-reactive ketones (excluding diaryl/α,β-unsaturated/α-hetero) is 1. The topological polar surface area (TPSA) is 43.3 Å². The fourth-order valence-corrected chi connectivity index (χ4v) is 2.40. The molecule has 1 heterocycles. The van der Waals surface area contributed by atoms with E-state index in [4.69, 9.17) is 4.74 Å². The first kappa shape index (κ1) is 13.6. The van der Waals surface area contributed by atoms with E-state index in [2.05, 4.69) is 5.32 Å². The molecule has 0 aliphatic heterocycles. The summed E-state index contributed by atoms with van der Waals surface area (Å²) in [7, 11) is 3.59. The number of ketones is 1. The molecule has 0 saturated carbocycles. The van der Waals surface area contributed by atoms with Crippen LogP contribution in [0.2, 0.25) is 0 Å². The SMILES string of the molecule is CCNCC(=O)c1cn(C)c2c(OC)ccc(C)c12. The van der Waals surface area contributed by atoms with Gasteiger partial charge < -0.3 is 14.6 Å². The lowest BCUT2D eigenvalue weighted by Crippen LogP contribution is -2.22. The zero-order valence-corrected chi connectivity index (χ0v) is 11.9. The molecule has 19 heavy (non-hydrogen) atoms. The Labute approximate surface area is 113 Å². The molecule has 0 radical (unpaired) electrons. The predicted molar refractivity (Wildman–Crippen MR) is 77.1 cm³/mol. The second kappa shape index (κ2) is 5.45. The number of benzene rings is 1. The average Bonchev–Trinajstić information content (AvgIpc) is 2.76. The zero-order valence-electron chi connectivity index (χ0n) is 11.9. The highest BCUT2D eigenvalue weighted by Gasteiger charge is 2.17. The molecule has 0 spiro atoms. The van der Waals surface area contributed by atoms with Gasteiger partial charge in [-0.2, -0.15) is 0 Å². The van der Waals surface area contributed by atoms with Crippen LogP contribution in [-0.2, 0) is 7.05 Å². The van der Waals surface area contributed by atoms with Crippen LogP contribution in [0.4, 0.5) is 0 Å². The van der Waals surface area contributed by atoms with Crippen molar-refractivity contribution in [2.75, 3.05) is 20.2 Å². The van der Waals surface area contributed by atoms with E-state index in [1.54, 1.807) is 7.11 Å². The molecule has 0 atom stereocenters. The van der Waals surface area contributed by atoms with Crippen LogP contribution in [-0.4, -0.2) is 30.5 Å². The van der Waals surface area contributed by atoms with Crippen molar-refractivity contribution in [3.63, 3.8) is 0 Å². The number of carbonyl (C=O) groups is 1. The molecule has 1 N–H and O–H groups in total. The summed E-state index contributed by atoms with van der Waals surface area (Å²) in [4.78, 5) is 12.3. The summed E-state index contributed by atoms with van der Waals surface area (Å²) in [5.74, 6) is 0.911. The number of carbonyl (C=O) groups excluding carboxylic acids is 1. The molecule has 4 heteroatoms. The van der Waals surface area contributed by atoms with Crippen molar-refractivity contribution in [1.29, 1.82) is 0 Å². The molecule has 4 nitrogen and oxygen atoms in total. The van der Waals surface area contributed by atoms with Crippen LogP contribution in [0, 0.1) is 6.92 Å². The van der Waals surface area contributed by atoms with Crippen LogP contribution in [0.5, 0.6) is 5.75 Å². The number of aryl methyl sites for hydroxylation is 2. The maximum Gasteiger partial charge on any atom is 0.178 e. The number of ether oxygens (including phenoxy) is 1. The van der Waals surface area contributed by atoms with Gasteiger partial charge in [0.15, 0.2) is 5.78 Å². The first-order valence-corrected chi connectivity index (χ1v) is 6.46. The molecule has 0 aliphatic rings. The first-order valence-electron chi connectivity index (χ1n) is 6.46. The number of fused-ring (bicyclic) bond motifs is 1. The second-order valence-electron chi connectivity index (χ2n) is 4.67. The van der Waals surface area contributed by atoms with Gasteiger partial charge in [0.25, 0.3) is 0 Å². The van der Waals surface area contributed by atoms with Crippen molar-refractivity contribution < 1.29 is 9.53 Å². The summed E-state index contributed by atoms with van der Waals surface area (Å²) in [5.41, 5.74) is 2.83. The van der Waals surface area contributed by atoms with E-state index < -0.39 is 0 Å². The Morgan fingerprint density at radius 1 is 1.42 bits per heavy atom. The number of rotatable bonds is 5. The van der Waals surface area contributed by atoms with Gasteiger partial charge in [0, 0.05) is 24.2 Å². The molecule has 0 bridgehead atoms. The van der Waals surface area contributed by atoms with Crippen molar-refractivity contribution in [2.45, 2.75) is 13.8 Å². The molecule has 0 amide bonds. The van der Waals surface area contributed by atoms with Gasteiger partial charge in [0.1, 0.15) is 5.75 Å². The molecular formula is C15H20N2O2. The predicted octanol–water partition coefficient (Wildman–Crippen LogP) is 2.29. The Kier molecular flexibility index (Phi) is 3.90. The number of hydrogen-bond acceptors (Lipinski definition) is 3. The van der Waals surface area contributed by atoms with Crippen LogP contribution in [0.3, 0.4) is 0 Å². The van der Waals surface area contributed by atoms with Crippen molar-refractivity contribution in [1.82, 2.24) is 9.88 Å². The van der Waals surface area contributed by atoms with E-state index >= 15 is 0 Å². The monoisotopic (exact) mass is 260 g/mol. The Balaban J connectivity index is 2.60. The van der Waals surface area contributed by atoms with Gasteiger partial charge in [-0.15, -0.1) is 0 Å². The first-order chi connectivity index (χ1) is 9.10. The van der Waals surface area contributed by atoms with E-state index in [1.165, 1.54) is 0 Å². The highest BCUT2D eigenvalue weighted by molar-refractivity contribution is 6.11. The lowest BCUT2D eigenvalue weighted by Gasteiger charge is -2.07. The molecule has 0 saturated heterocycles. The summed E-state index contributed by atoms with van der Waals surface area (Å²) in [6.07, 6.45) is 1.89. The molecule has 102 valence electrons. The van der Waals surface area contributed by atoms with Gasteiger partial charge in [-0.05, 0) is 25.1 Å². The van der Waals surface area contributed by atoms with Gasteiger partial charge >= 0.3 is 0 Å². The van der Waals surface area contributed by atoms with Crippen LogP contribution in [0.15, 0.2) is 18.3 Å². The van der Waals surface area contributed by atoms with E-state index in [0.29, 0.717) is 6.54 Å². The van der Waals surface area contributed by atoms with Crippen LogP contribution in [0.25, 0.3) is 10.9 Å². The normalized spacial score (nSPS) is 10.9. The smallest absolute Gasteiger partial charge is 0.178 e. The van der Waals surface area contributed by atoms with Gasteiger partial charge in [-0.1, -0.05) is 13.0 Å². The Morgan fingerprint density at radius 2 is 2.16 bits per heavy atom. The van der Waals surface area contributed by atoms with Crippen molar-refractivity contribution >= 4 is 16.7 Å². The molecule has 1 aromatic heterocycles. The largest absolute Gasteiger partial charge is 0.495 e. The highest BCUT2D eigenvalue weighted by atomic mass is 16.5. The Bertz CT molecular complexity index is 614. The van der Waals surface area contributed by atoms with Crippen molar-refractivity contribution in [3.05, 3.63) is 29.5 Å². The molecule has 2 rings (SSSR count). The fraction of sp³-hybridized carbons (Fsp3) is 0.400. The molecule has 0 aliphatic carbocycles. The Hall–Kier alpha value is -1.81. The van der Waals surface area contributed by atoms with E-state index in [9.17, 15) is 4.79 Å². The molecule has 2 aromatic rings. The van der Waals surface area contributed by atoms with Crippen molar-refractivity contribution in [2.24, 2.45) is 7.05 Å². The molecule has 1 aromatic carbocycles. The van der Waals surface area contributed by atoms with Gasteiger partial charge in [-0.3, -0.25) is 4.79 Å². The number of aromatic nitrogens is 1. The second-order valence-corrected chi connectivity index (χ2v) is 4.67. The minimum absolute atomic E-state index is 0.115. The number of methoxy groups -OCH3 is 1. The maximum atomic E-state index is 12.3. The van der Waals surface area contributed by atoms with Crippen molar-refractivity contribution in [3.8, 4) is 5.75 Å². The minimum Gasteiger partial charge on any atom is -0.495 e. The quantitative estimate of drug-likeness (QED) is 0.839. The summed E-state index contributed by atoms with van der Waals surface area (Å²) in [6.45, 7) is 5.17. The van der Waals surface area contributed by atoms with E-state index in [0.717, 1.165) is 34.3 Å². The molecule has 0 unspecified atom stereocenters. The van der Waals surface area contributed by atoms with Crippen LogP contribution < -0.4 is 10.1 Å². The number of nitrogens with one attached hydrogen (secondary N) is 1. The molecule has 0 fully saturated rings. The van der Waals surface area contributed by atoms with Gasteiger partial charge in [-0.25, -0.2) is 0 Å². The maximum absolute atomic E-state index is 12.3. The van der Waals surface area contributed by atoms with Crippen LogP contribution in [0.1, 0.15) is 22.8 Å². The summed E-state index contributed by atoms with van der Waals surface area (Å²) < 4.78 is 7.35. The lowest BCUT2D eigenvalue weighted by molar-refractivity contribution is 0.0993. The Morgan fingerprint density at radius 3 is 2.79 bits per heavy atom. The third-order valence-corrected chi connectivity index (χ3v) is 3.35. The zero-order chi connectivity index (χ0) is 14.0. The van der Waals surface area contributed by atoms with Gasteiger partial charge in [0.05, 0.1) is 19.2 Å². The summed E-state index contributed by atoms with van der Waals surface area (Å²) in [6, 6.07) is 3.93. The average molecular weight is 260 g/mol. The standard InChI is InChI=1S/C15H20N2O2/c1-5-16-8-12(18)11-9-17(3)15-13(19-4)7-6-10(2)14(11)15/h6-7,9,16H,5,8H2,1-4H3. The highest BCUT2D eigenvalue weighted by Crippen LogP contribution is 2.32. The van der Waals surface area contributed by atoms with Gasteiger partial charge in [0.2, 0.25) is 0 Å².